The lowest BCUT2D eigenvalue weighted by Gasteiger charge is -2.24. The number of urea groups is 1. The van der Waals surface area contributed by atoms with E-state index in [2.05, 4.69) is 16.0 Å². The summed E-state index contributed by atoms with van der Waals surface area (Å²) in [6, 6.07) is 2.20. The third kappa shape index (κ3) is 4.50. The number of rotatable bonds is 2. The van der Waals surface area contributed by atoms with Crippen molar-refractivity contribution in [1.29, 1.82) is 0 Å². The van der Waals surface area contributed by atoms with E-state index in [4.69, 9.17) is 11.6 Å². The zero-order valence-corrected chi connectivity index (χ0v) is 11.8. The van der Waals surface area contributed by atoms with E-state index in [1.807, 2.05) is 0 Å². The van der Waals surface area contributed by atoms with E-state index in [9.17, 15) is 18.0 Å². The molecule has 1 fully saturated rings. The summed E-state index contributed by atoms with van der Waals surface area (Å²) < 4.78 is 37.9. The van der Waals surface area contributed by atoms with E-state index in [1.54, 1.807) is 0 Å². The highest BCUT2D eigenvalue weighted by Crippen LogP contribution is 2.33. The van der Waals surface area contributed by atoms with Crippen LogP contribution in [-0.2, 0) is 6.18 Å². The molecule has 2 rings (SSSR count). The summed E-state index contributed by atoms with van der Waals surface area (Å²) in [4.78, 5) is 11.8. The highest BCUT2D eigenvalue weighted by Gasteiger charge is 2.31. The van der Waals surface area contributed by atoms with Crippen molar-refractivity contribution in [2.75, 3.05) is 18.4 Å². The van der Waals surface area contributed by atoms with Crippen LogP contribution < -0.4 is 16.0 Å². The maximum Gasteiger partial charge on any atom is 0.416 e. The Labute approximate surface area is 125 Å². The summed E-state index contributed by atoms with van der Waals surface area (Å²) in [5.41, 5.74) is -0.922. The van der Waals surface area contributed by atoms with E-state index >= 15 is 0 Å². The molecule has 0 radical (unpaired) electrons. The van der Waals surface area contributed by atoms with Crippen LogP contribution in [0.3, 0.4) is 0 Å². The fourth-order valence-electron chi connectivity index (χ4n) is 2.12. The molecule has 3 N–H and O–H groups in total. The maximum atomic E-state index is 12.6. The molecular formula is C13H15ClF3N3O. The number of piperidine rings is 1. The number of hydrogen-bond donors (Lipinski definition) is 3. The smallest absolute Gasteiger partial charge is 0.334 e. The molecule has 0 spiro atoms. The number of carbonyl (C=O) groups is 1. The monoisotopic (exact) mass is 321 g/mol. The minimum Gasteiger partial charge on any atom is -0.334 e. The summed E-state index contributed by atoms with van der Waals surface area (Å²) in [5, 5.41) is 8.24. The molecule has 0 aliphatic carbocycles. The van der Waals surface area contributed by atoms with Crippen LogP contribution in [0.4, 0.5) is 23.7 Å². The molecule has 1 aliphatic rings. The van der Waals surface area contributed by atoms with Gasteiger partial charge in [-0.3, -0.25) is 0 Å². The lowest BCUT2D eigenvalue weighted by Crippen LogP contribution is -2.47. The highest BCUT2D eigenvalue weighted by molar-refractivity contribution is 6.33. The van der Waals surface area contributed by atoms with Gasteiger partial charge >= 0.3 is 12.2 Å². The lowest BCUT2D eigenvalue weighted by molar-refractivity contribution is -0.137. The van der Waals surface area contributed by atoms with Gasteiger partial charge in [0.15, 0.2) is 0 Å². The zero-order valence-electron chi connectivity index (χ0n) is 11.1. The summed E-state index contributed by atoms with van der Waals surface area (Å²) in [5.74, 6) is 0. The molecule has 1 unspecified atom stereocenters. The van der Waals surface area contributed by atoms with Gasteiger partial charge < -0.3 is 16.0 Å². The first-order valence-corrected chi connectivity index (χ1v) is 6.89. The van der Waals surface area contributed by atoms with Gasteiger partial charge in [0.1, 0.15) is 0 Å². The Morgan fingerprint density at radius 3 is 2.76 bits per heavy atom. The Morgan fingerprint density at radius 1 is 1.38 bits per heavy atom. The van der Waals surface area contributed by atoms with Gasteiger partial charge in [-0.25, -0.2) is 4.79 Å². The molecule has 116 valence electrons. The molecule has 0 aromatic heterocycles. The number of hydrogen-bond acceptors (Lipinski definition) is 2. The van der Waals surface area contributed by atoms with E-state index in [-0.39, 0.29) is 16.8 Å². The molecule has 2 amide bonds. The number of anilines is 1. The first-order chi connectivity index (χ1) is 9.86. The molecule has 1 aromatic rings. The predicted octanol–water partition coefficient (Wildman–Crippen LogP) is 3.23. The fraction of sp³-hybridized carbons (Fsp3) is 0.462. The van der Waals surface area contributed by atoms with Gasteiger partial charge in [-0.1, -0.05) is 11.6 Å². The zero-order chi connectivity index (χ0) is 15.5. The van der Waals surface area contributed by atoms with Gasteiger partial charge in [-0.2, -0.15) is 13.2 Å². The number of alkyl halides is 3. The first-order valence-electron chi connectivity index (χ1n) is 6.51. The van der Waals surface area contributed by atoms with Crippen molar-refractivity contribution in [2.45, 2.75) is 25.1 Å². The van der Waals surface area contributed by atoms with Crippen LogP contribution in [0, 0.1) is 0 Å². The first kappa shape index (κ1) is 15.9. The Morgan fingerprint density at radius 2 is 2.14 bits per heavy atom. The second-order valence-corrected chi connectivity index (χ2v) is 5.24. The molecule has 21 heavy (non-hydrogen) atoms. The van der Waals surface area contributed by atoms with Gasteiger partial charge in [0, 0.05) is 12.6 Å². The van der Waals surface area contributed by atoms with Crippen LogP contribution in [0.5, 0.6) is 0 Å². The fourth-order valence-corrected chi connectivity index (χ4v) is 2.28. The second-order valence-electron chi connectivity index (χ2n) is 4.83. The summed E-state index contributed by atoms with van der Waals surface area (Å²) in [6.07, 6.45) is -2.71. The van der Waals surface area contributed by atoms with Crippen molar-refractivity contribution in [1.82, 2.24) is 10.6 Å². The van der Waals surface area contributed by atoms with Crippen LogP contribution in [0.1, 0.15) is 18.4 Å². The lowest BCUT2D eigenvalue weighted by atomic mass is 10.1. The Kier molecular flexibility index (Phi) is 4.95. The molecular weight excluding hydrogens is 307 g/mol. The number of nitrogens with one attached hydrogen (secondary N) is 3. The normalized spacial score (nSPS) is 19.1. The molecule has 1 atom stereocenters. The van der Waals surface area contributed by atoms with Gasteiger partial charge in [-0.15, -0.1) is 0 Å². The molecule has 1 aliphatic heterocycles. The van der Waals surface area contributed by atoms with E-state index in [0.29, 0.717) is 6.54 Å². The van der Waals surface area contributed by atoms with E-state index < -0.39 is 17.8 Å². The van der Waals surface area contributed by atoms with Crippen molar-refractivity contribution in [3.8, 4) is 0 Å². The van der Waals surface area contributed by atoms with Gasteiger partial charge in [0.05, 0.1) is 16.3 Å². The number of halogens is 4. The second kappa shape index (κ2) is 6.53. The van der Waals surface area contributed by atoms with Gasteiger partial charge in [0.2, 0.25) is 0 Å². The Balaban J connectivity index is 2.02. The van der Waals surface area contributed by atoms with Crippen LogP contribution in [-0.4, -0.2) is 25.2 Å². The minimum atomic E-state index is -4.48. The molecule has 0 bridgehead atoms. The molecule has 0 saturated carbocycles. The average Bonchev–Trinajstić information content (AvgIpc) is 2.41. The topological polar surface area (TPSA) is 53.2 Å². The van der Waals surface area contributed by atoms with Crippen LogP contribution in [0.15, 0.2) is 18.2 Å². The van der Waals surface area contributed by atoms with Crippen LogP contribution in [0.2, 0.25) is 5.02 Å². The van der Waals surface area contributed by atoms with Crippen molar-refractivity contribution in [3.63, 3.8) is 0 Å². The molecule has 4 nitrogen and oxygen atoms in total. The van der Waals surface area contributed by atoms with Crippen molar-refractivity contribution in [3.05, 3.63) is 28.8 Å². The van der Waals surface area contributed by atoms with Gasteiger partial charge in [-0.05, 0) is 37.6 Å². The summed E-state index contributed by atoms with van der Waals surface area (Å²) in [7, 11) is 0. The van der Waals surface area contributed by atoms with Crippen molar-refractivity contribution < 1.29 is 18.0 Å². The van der Waals surface area contributed by atoms with E-state index in [0.717, 1.165) is 37.6 Å². The van der Waals surface area contributed by atoms with E-state index in [1.165, 1.54) is 0 Å². The molecule has 8 heteroatoms. The van der Waals surface area contributed by atoms with Gasteiger partial charge in [0.25, 0.3) is 0 Å². The third-order valence-corrected chi connectivity index (χ3v) is 3.50. The average molecular weight is 322 g/mol. The van der Waals surface area contributed by atoms with Crippen LogP contribution in [0.25, 0.3) is 0 Å². The Hall–Kier alpha value is -1.47. The largest absolute Gasteiger partial charge is 0.416 e. The van der Waals surface area contributed by atoms with Crippen molar-refractivity contribution in [2.24, 2.45) is 0 Å². The number of carbonyl (C=O) groups excluding carboxylic acids is 1. The SMILES string of the molecule is O=C(Nc1cc(C(F)(F)F)ccc1Cl)NC1CCCNC1. The standard InChI is InChI=1S/C13H15ClF3N3O/c14-10-4-3-8(13(15,16)17)6-11(10)20-12(21)19-9-2-1-5-18-7-9/h3-4,6,9,18H,1-2,5,7H2,(H2,19,20,21). The predicted molar refractivity (Wildman–Crippen MR) is 74.5 cm³/mol. The molecule has 1 aromatic carbocycles. The number of benzene rings is 1. The highest BCUT2D eigenvalue weighted by atomic mass is 35.5. The third-order valence-electron chi connectivity index (χ3n) is 3.17. The Bertz CT molecular complexity index is 516. The summed E-state index contributed by atoms with van der Waals surface area (Å²) >= 11 is 5.81. The quantitative estimate of drug-likeness (QED) is 0.783. The minimum absolute atomic E-state index is 0.0386. The van der Waals surface area contributed by atoms with Crippen LogP contribution >= 0.6 is 11.6 Å². The summed E-state index contributed by atoms with van der Waals surface area (Å²) in [6.45, 7) is 1.54. The maximum absolute atomic E-state index is 12.6. The molecule has 1 saturated heterocycles. The van der Waals surface area contributed by atoms with Crippen molar-refractivity contribution >= 4 is 23.3 Å². The number of amides is 2. The molecule has 1 heterocycles.